The molecule has 1 aliphatic heterocycles. The van der Waals surface area contributed by atoms with Crippen LogP contribution in [0.3, 0.4) is 0 Å². The monoisotopic (exact) mass is 305 g/mol. The molecular formula is C17H24ClN3. The summed E-state index contributed by atoms with van der Waals surface area (Å²) in [5.74, 6) is 1.53. The molecule has 0 bridgehead atoms. The summed E-state index contributed by atoms with van der Waals surface area (Å²) in [7, 11) is 0. The first-order valence-corrected chi connectivity index (χ1v) is 8.28. The molecule has 114 valence electrons. The molecule has 1 aromatic carbocycles. The molecule has 3 rings (SSSR count). The minimum absolute atomic E-state index is 0.179. The van der Waals surface area contributed by atoms with Gasteiger partial charge in [-0.25, -0.2) is 0 Å². The molecule has 1 aliphatic carbocycles. The van der Waals surface area contributed by atoms with E-state index in [1.54, 1.807) is 0 Å². The fourth-order valence-electron chi connectivity index (χ4n) is 3.08. The van der Waals surface area contributed by atoms with Crippen LogP contribution in [0.1, 0.15) is 38.2 Å². The first-order chi connectivity index (χ1) is 10.1. The summed E-state index contributed by atoms with van der Waals surface area (Å²) in [4.78, 5) is 6.92. The van der Waals surface area contributed by atoms with Gasteiger partial charge < -0.3 is 10.6 Å². The van der Waals surface area contributed by atoms with Crippen molar-refractivity contribution in [1.29, 1.82) is 0 Å². The van der Waals surface area contributed by atoms with Crippen LogP contribution in [0.5, 0.6) is 0 Å². The van der Waals surface area contributed by atoms with E-state index in [0.717, 1.165) is 36.5 Å². The van der Waals surface area contributed by atoms with Crippen molar-refractivity contribution >= 4 is 17.6 Å². The number of hydrogen-bond acceptors (Lipinski definition) is 1. The number of nitrogens with two attached hydrogens (primary N) is 1. The summed E-state index contributed by atoms with van der Waals surface area (Å²) >= 11 is 6.11. The maximum Gasteiger partial charge on any atom is 0.191 e. The Morgan fingerprint density at radius 3 is 2.71 bits per heavy atom. The van der Waals surface area contributed by atoms with Crippen molar-refractivity contribution in [2.24, 2.45) is 16.6 Å². The Morgan fingerprint density at radius 2 is 2.10 bits per heavy atom. The van der Waals surface area contributed by atoms with Crippen LogP contribution in [-0.4, -0.2) is 30.5 Å². The number of halogens is 1. The van der Waals surface area contributed by atoms with Gasteiger partial charge in [0.05, 0.1) is 6.54 Å². The molecule has 3 nitrogen and oxygen atoms in total. The number of likely N-dealkylation sites (tertiary alicyclic amines) is 1. The number of piperidine rings is 1. The lowest BCUT2D eigenvalue weighted by Gasteiger charge is -2.31. The molecule has 2 aliphatic rings. The molecule has 0 amide bonds. The smallest absolute Gasteiger partial charge is 0.191 e. The molecule has 2 fully saturated rings. The van der Waals surface area contributed by atoms with Crippen molar-refractivity contribution in [3.8, 4) is 0 Å². The van der Waals surface area contributed by atoms with Crippen LogP contribution in [0.25, 0.3) is 0 Å². The fraction of sp³-hybridized carbons (Fsp3) is 0.588. The Labute approximate surface area is 132 Å². The average Bonchev–Trinajstić information content (AvgIpc) is 3.27. The van der Waals surface area contributed by atoms with E-state index in [1.807, 2.05) is 12.1 Å². The minimum atomic E-state index is 0.179. The normalized spacial score (nSPS) is 22.4. The lowest BCUT2D eigenvalue weighted by atomic mass is 9.96. The minimum Gasteiger partial charge on any atom is -0.370 e. The summed E-state index contributed by atoms with van der Waals surface area (Å²) in [6.45, 7) is 5.18. The Bertz CT molecular complexity index is 529. The third-order valence-corrected chi connectivity index (χ3v) is 5.18. The molecule has 21 heavy (non-hydrogen) atoms. The molecule has 0 radical (unpaired) electrons. The average molecular weight is 306 g/mol. The summed E-state index contributed by atoms with van der Waals surface area (Å²) < 4.78 is 0. The van der Waals surface area contributed by atoms with Gasteiger partial charge in [0, 0.05) is 23.5 Å². The lowest BCUT2D eigenvalue weighted by molar-refractivity contribution is 0.277. The second-order valence-corrected chi connectivity index (χ2v) is 7.07. The zero-order chi connectivity index (χ0) is 14.9. The highest BCUT2D eigenvalue weighted by molar-refractivity contribution is 6.30. The van der Waals surface area contributed by atoms with Crippen molar-refractivity contribution in [3.63, 3.8) is 0 Å². The van der Waals surface area contributed by atoms with Gasteiger partial charge in [0.15, 0.2) is 5.96 Å². The molecule has 1 heterocycles. The molecule has 0 unspecified atom stereocenters. The Balaban J connectivity index is 1.65. The van der Waals surface area contributed by atoms with E-state index in [9.17, 15) is 0 Å². The van der Waals surface area contributed by atoms with Gasteiger partial charge in [0.1, 0.15) is 0 Å². The maximum absolute atomic E-state index is 6.19. The van der Waals surface area contributed by atoms with Gasteiger partial charge in [-0.3, -0.25) is 4.99 Å². The Hall–Kier alpha value is -1.22. The van der Waals surface area contributed by atoms with Crippen LogP contribution >= 0.6 is 11.6 Å². The number of guanidine groups is 1. The zero-order valence-corrected chi connectivity index (χ0v) is 13.4. The van der Waals surface area contributed by atoms with Crippen molar-refractivity contribution in [2.75, 3.05) is 19.6 Å². The van der Waals surface area contributed by atoms with Gasteiger partial charge in [0.25, 0.3) is 0 Å². The Morgan fingerprint density at radius 1 is 1.38 bits per heavy atom. The van der Waals surface area contributed by atoms with Crippen molar-refractivity contribution in [3.05, 3.63) is 34.9 Å². The summed E-state index contributed by atoms with van der Waals surface area (Å²) in [6, 6.07) is 8.18. The van der Waals surface area contributed by atoms with Crippen LogP contribution in [0.2, 0.25) is 5.02 Å². The molecule has 2 N–H and O–H groups in total. The van der Waals surface area contributed by atoms with E-state index >= 15 is 0 Å². The predicted molar refractivity (Wildman–Crippen MR) is 88.8 cm³/mol. The van der Waals surface area contributed by atoms with Crippen molar-refractivity contribution < 1.29 is 0 Å². The summed E-state index contributed by atoms with van der Waals surface area (Å²) in [5.41, 5.74) is 7.67. The highest BCUT2D eigenvalue weighted by Gasteiger charge is 2.44. The molecule has 1 aromatic rings. The van der Waals surface area contributed by atoms with E-state index in [2.05, 4.69) is 24.0 Å². The van der Waals surface area contributed by atoms with Crippen LogP contribution < -0.4 is 5.73 Å². The van der Waals surface area contributed by atoms with Gasteiger partial charge in [0.2, 0.25) is 0 Å². The van der Waals surface area contributed by atoms with E-state index in [1.165, 1.54) is 31.2 Å². The summed E-state index contributed by atoms with van der Waals surface area (Å²) in [5, 5.41) is 0.806. The molecular weight excluding hydrogens is 282 g/mol. The molecule has 1 saturated carbocycles. The highest BCUT2D eigenvalue weighted by atomic mass is 35.5. The van der Waals surface area contributed by atoms with Crippen LogP contribution in [-0.2, 0) is 5.41 Å². The number of rotatable bonds is 3. The number of hydrogen-bond donors (Lipinski definition) is 1. The Kier molecular flexibility index (Phi) is 4.12. The molecule has 1 saturated heterocycles. The van der Waals surface area contributed by atoms with Crippen LogP contribution in [0, 0.1) is 5.92 Å². The quantitative estimate of drug-likeness (QED) is 0.687. The van der Waals surface area contributed by atoms with E-state index in [4.69, 9.17) is 22.3 Å². The van der Waals surface area contributed by atoms with E-state index < -0.39 is 0 Å². The van der Waals surface area contributed by atoms with Gasteiger partial charge >= 0.3 is 0 Å². The molecule has 0 atom stereocenters. The predicted octanol–water partition coefficient (Wildman–Crippen LogP) is 3.42. The number of aliphatic imine (C=N–C) groups is 1. The van der Waals surface area contributed by atoms with Crippen molar-refractivity contribution in [2.45, 2.75) is 38.0 Å². The van der Waals surface area contributed by atoms with Gasteiger partial charge in [-0.1, -0.05) is 30.7 Å². The van der Waals surface area contributed by atoms with E-state index in [0.29, 0.717) is 0 Å². The third kappa shape index (κ3) is 3.34. The fourth-order valence-corrected chi connectivity index (χ4v) is 3.27. The first kappa shape index (κ1) is 14.7. The van der Waals surface area contributed by atoms with Crippen LogP contribution in [0.15, 0.2) is 29.3 Å². The largest absolute Gasteiger partial charge is 0.370 e. The van der Waals surface area contributed by atoms with Gasteiger partial charge in [-0.05, 0) is 49.3 Å². The molecule has 4 heteroatoms. The second kappa shape index (κ2) is 5.88. The van der Waals surface area contributed by atoms with E-state index in [-0.39, 0.29) is 5.41 Å². The van der Waals surface area contributed by atoms with Gasteiger partial charge in [-0.2, -0.15) is 0 Å². The topological polar surface area (TPSA) is 41.6 Å². The van der Waals surface area contributed by atoms with Gasteiger partial charge in [-0.15, -0.1) is 0 Å². The SMILES string of the molecule is CC1CCN(C(N)=NCC2(c3cccc(Cl)c3)CC2)CC1. The summed E-state index contributed by atoms with van der Waals surface area (Å²) in [6.07, 6.45) is 4.80. The molecule has 0 aromatic heterocycles. The molecule has 0 spiro atoms. The lowest BCUT2D eigenvalue weighted by Crippen LogP contribution is -2.42. The zero-order valence-electron chi connectivity index (χ0n) is 12.7. The number of benzene rings is 1. The maximum atomic E-state index is 6.19. The van der Waals surface area contributed by atoms with Crippen LogP contribution in [0.4, 0.5) is 0 Å². The third-order valence-electron chi connectivity index (χ3n) is 4.94. The highest BCUT2D eigenvalue weighted by Crippen LogP contribution is 2.48. The van der Waals surface area contributed by atoms with Crippen molar-refractivity contribution in [1.82, 2.24) is 4.90 Å². The standard InChI is InChI=1S/C17H24ClN3/c1-13-5-9-21(10-6-13)16(19)20-12-17(7-8-17)14-3-2-4-15(18)11-14/h2-4,11,13H,5-10,12H2,1H3,(H2,19,20). The first-order valence-electron chi connectivity index (χ1n) is 7.90. The number of nitrogens with zero attached hydrogens (tertiary/aromatic N) is 2. The second-order valence-electron chi connectivity index (χ2n) is 6.63.